The van der Waals surface area contributed by atoms with Gasteiger partial charge in [0, 0.05) is 84.0 Å². The fourth-order valence-corrected chi connectivity index (χ4v) is 19.0. The van der Waals surface area contributed by atoms with E-state index in [9.17, 15) is 48.6 Å². The number of aromatic nitrogens is 6. The van der Waals surface area contributed by atoms with E-state index in [4.69, 9.17) is 30.6 Å². The first-order valence-electron chi connectivity index (χ1n) is 35.6. The van der Waals surface area contributed by atoms with Crippen LogP contribution in [0, 0.1) is 47.3 Å². The fraction of sp³-hybridized carbons (Fsp3) is 0.554. The van der Waals surface area contributed by atoms with Crippen molar-refractivity contribution in [2.45, 2.75) is 176 Å². The summed E-state index contributed by atoms with van der Waals surface area (Å²) in [6.07, 6.45) is 13.1. The van der Waals surface area contributed by atoms with Gasteiger partial charge in [0.25, 0.3) is 0 Å². The number of nitrogens with one attached hydrogen (secondary N) is 5. The molecule has 7 amide bonds. The Morgan fingerprint density at radius 1 is 0.832 bits per heavy atom. The number of aliphatic carboxylic acids is 1. The number of nitrogens with two attached hydrogens (primary N) is 1. The normalized spacial score (nSPS) is 22.6. The summed E-state index contributed by atoms with van der Waals surface area (Å²) < 4.78 is 9.36. The molecule has 2 aromatic carbocycles. The van der Waals surface area contributed by atoms with Crippen molar-refractivity contribution in [1.29, 1.82) is 0 Å². The fourth-order valence-electron chi connectivity index (χ4n) is 18.2. The number of carboxylic acids is 2. The second-order valence-corrected chi connectivity index (χ2v) is 31.9. The number of pyridine rings is 1. The second-order valence-electron chi connectivity index (χ2n) is 30.8. The minimum atomic E-state index is -1.13. The van der Waals surface area contributed by atoms with Gasteiger partial charge in [-0.1, -0.05) is 70.2 Å². The molecule has 540 valence electrons. The number of anilines is 5. The number of nitrogens with zero attached hydrogens (tertiary/aromatic N) is 9. The number of rotatable bonds is 33. The summed E-state index contributed by atoms with van der Waals surface area (Å²) in [5, 5.41) is 50.2. The van der Waals surface area contributed by atoms with Gasteiger partial charge >= 0.3 is 18.0 Å². The highest BCUT2D eigenvalue weighted by Crippen LogP contribution is 2.75. The Morgan fingerprint density at radius 3 is 2.26 bits per heavy atom. The molecule has 0 radical (unpaired) electrons. The van der Waals surface area contributed by atoms with Crippen molar-refractivity contribution < 1.29 is 57.8 Å². The maximum Gasteiger partial charge on any atom is 0.355 e. The second kappa shape index (κ2) is 30.3. The summed E-state index contributed by atoms with van der Waals surface area (Å²) >= 11 is 1.55. The van der Waals surface area contributed by atoms with Crippen LogP contribution in [0.15, 0.2) is 66.9 Å². The first-order valence-corrected chi connectivity index (χ1v) is 36.4. The number of fused-ring (bicyclic) bond motifs is 2. The molecule has 6 aliphatic rings. The van der Waals surface area contributed by atoms with Crippen LogP contribution in [-0.4, -0.2) is 162 Å². The number of hydrogen-bond acceptors (Lipinski definition) is 17. The maximum absolute atomic E-state index is 14.1. The molecule has 26 nitrogen and oxygen atoms in total. The summed E-state index contributed by atoms with van der Waals surface area (Å²) in [5.74, 6) is -2.98. The number of urea groups is 1. The first-order chi connectivity index (χ1) is 48.0. The minimum absolute atomic E-state index is 0.0102. The quantitative estimate of drug-likeness (QED) is 0.0108. The van der Waals surface area contributed by atoms with Crippen molar-refractivity contribution in [1.82, 2.24) is 50.8 Å². The van der Waals surface area contributed by atoms with Crippen molar-refractivity contribution in [3.63, 3.8) is 0 Å². The van der Waals surface area contributed by atoms with Crippen LogP contribution < -0.4 is 37.2 Å². The number of primary amides is 1. The van der Waals surface area contributed by atoms with Gasteiger partial charge in [-0.2, -0.15) is 5.10 Å². The number of likely N-dealkylation sites (tertiary alicyclic amines) is 1. The summed E-state index contributed by atoms with van der Waals surface area (Å²) in [4.78, 5) is 115. The van der Waals surface area contributed by atoms with E-state index in [-0.39, 0.29) is 103 Å². The highest BCUT2D eigenvalue weighted by atomic mass is 32.1. The van der Waals surface area contributed by atoms with Crippen LogP contribution in [0.2, 0.25) is 0 Å². The number of thiazole rings is 1. The highest BCUT2D eigenvalue weighted by molar-refractivity contribution is 7.22. The number of carboxylic acid groups (broad SMARTS) is 2. The Morgan fingerprint density at radius 2 is 1.56 bits per heavy atom. The lowest BCUT2D eigenvalue weighted by molar-refractivity contribution is -0.923. The van der Waals surface area contributed by atoms with Gasteiger partial charge < -0.3 is 56.7 Å². The van der Waals surface area contributed by atoms with E-state index >= 15 is 0 Å². The molecule has 101 heavy (non-hydrogen) atoms. The van der Waals surface area contributed by atoms with E-state index in [0.29, 0.717) is 65.7 Å². The lowest BCUT2D eigenvalue weighted by atomic mass is 9.35. The maximum atomic E-state index is 14.1. The molecule has 9 N–H and O–H groups in total. The van der Waals surface area contributed by atoms with Crippen molar-refractivity contribution in [3.8, 4) is 11.1 Å². The van der Waals surface area contributed by atoms with Crippen molar-refractivity contribution >= 4 is 97.3 Å². The van der Waals surface area contributed by atoms with Crippen LogP contribution in [0.25, 0.3) is 21.3 Å². The molecule has 4 unspecified atom stereocenters. The molecule has 4 saturated carbocycles. The van der Waals surface area contributed by atoms with E-state index < -0.39 is 47.8 Å². The van der Waals surface area contributed by atoms with E-state index in [1.54, 1.807) is 38.3 Å². The van der Waals surface area contributed by atoms with Crippen LogP contribution in [0.4, 0.5) is 33.1 Å². The SMILES string of the molecule is Cc1c(Nc2nc3ccccc3s2)nnc2c1CCCN2c1ccc(-c2cnn(CC34CC5(CCC[N+](C)(CCCC(=O)O)Cc6ccc(NC(=O)[C@H](CCCNC(N)=O)NC(=O)[C@@H](NC(=O)CCOCCN7C(=O)CC(C)C7=O)C(C)C)cc6)C[C@@](C)(C3)C[C@](C)(C5)C4)c2C)c(C(=O)O)n1. The number of carbonyl (C=O) groups excluding carboxylic acids is 6. The molecule has 5 fully saturated rings. The van der Waals surface area contributed by atoms with Gasteiger partial charge in [0.15, 0.2) is 22.5 Å². The Balaban J connectivity index is 0.726. The van der Waals surface area contributed by atoms with Crippen LogP contribution >= 0.6 is 11.3 Å². The molecule has 12 rings (SSSR count). The van der Waals surface area contributed by atoms with E-state index in [1.165, 1.54) is 6.42 Å². The van der Waals surface area contributed by atoms with Gasteiger partial charge in [-0.3, -0.25) is 38.3 Å². The Labute approximate surface area is 593 Å². The molecule has 1 saturated heterocycles. The predicted molar refractivity (Wildman–Crippen MR) is 383 cm³/mol. The molecule has 6 aromatic rings. The van der Waals surface area contributed by atoms with Crippen LogP contribution in [0.3, 0.4) is 0 Å². The molecule has 0 spiro atoms. The number of para-hydroxylation sites is 1. The molecule has 8 atom stereocenters. The predicted octanol–water partition coefficient (Wildman–Crippen LogP) is 9.96. The summed E-state index contributed by atoms with van der Waals surface area (Å²) in [5.41, 5.74) is 12.1. The summed E-state index contributed by atoms with van der Waals surface area (Å²) in [6.45, 7) is 18.0. The summed E-state index contributed by atoms with van der Waals surface area (Å²) in [7, 11) is 2.20. The molecule has 4 aromatic heterocycles. The van der Waals surface area contributed by atoms with Crippen molar-refractivity contribution in [2.75, 3.05) is 68.5 Å². The Hall–Kier alpha value is -8.95. The van der Waals surface area contributed by atoms with E-state index in [1.807, 2.05) is 79.4 Å². The highest BCUT2D eigenvalue weighted by Gasteiger charge is 2.65. The number of aromatic carboxylic acids is 1. The van der Waals surface area contributed by atoms with Crippen molar-refractivity contribution in [3.05, 3.63) is 94.9 Å². The van der Waals surface area contributed by atoms with Crippen molar-refractivity contribution in [2.24, 2.45) is 39.2 Å². The van der Waals surface area contributed by atoms with Gasteiger partial charge in [0.1, 0.15) is 24.4 Å². The summed E-state index contributed by atoms with van der Waals surface area (Å²) in [6, 6.07) is 16.5. The average Bonchev–Trinajstić information content (AvgIpc) is 0.740. The van der Waals surface area contributed by atoms with Gasteiger partial charge in [0.05, 0.1) is 62.7 Å². The van der Waals surface area contributed by atoms with Crippen LogP contribution in [-0.2, 0) is 53.0 Å². The number of amides is 7. The number of imide groups is 1. The van der Waals surface area contributed by atoms with Gasteiger partial charge in [-0.15, -0.1) is 10.2 Å². The largest absolute Gasteiger partial charge is 0.481 e. The van der Waals surface area contributed by atoms with Gasteiger partial charge in [0.2, 0.25) is 29.5 Å². The number of quaternary nitrogens is 1. The lowest BCUT2D eigenvalue weighted by Crippen LogP contribution is -2.60. The molecule has 4 bridgehead atoms. The molecule has 4 aliphatic carbocycles. The third-order valence-corrected chi connectivity index (χ3v) is 22.5. The van der Waals surface area contributed by atoms with E-state index in [0.717, 1.165) is 119 Å². The smallest absolute Gasteiger partial charge is 0.355 e. The number of benzene rings is 2. The number of hydrogen-bond donors (Lipinski definition) is 8. The Kier molecular flexibility index (Phi) is 22.0. The zero-order valence-electron chi connectivity index (χ0n) is 59.4. The topological polar surface area (TPSA) is 348 Å². The molecule has 6 heterocycles. The third kappa shape index (κ3) is 17.2. The monoisotopic (exact) mass is 1400 g/mol. The Bertz CT molecular complexity index is 4070. The average molecular weight is 1410 g/mol. The molecular weight excluding hydrogens is 1310 g/mol. The lowest BCUT2D eigenvalue weighted by Gasteiger charge is -2.70. The van der Waals surface area contributed by atoms with E-state index in [2.05, 4.69) is 57.3 Å². The number of ether oxygens (including phenoxy) is 1. The van der Waals surface area contributed by atoms with Gasteiger partial charge in [-0.05, 0) is 155 Å². The van der Waals surface area contributed by atoms with Crippen LogP contribution in [0.1, 0.15) is 164 Å². The molecule has 27 heteroatoms. The number of carbonyl (C=O) groups is 8. The van der Waals surface area contributed by atoms with Gasteiger partial charge in [-0.25, -0.2) is 19.6 Å². The zero-order chi connectivity index (χ0) is 72.2. The third-order valence-electron chi connectivity index (χ3n) is 21.5. The molecule has 2 aliphatic heterocycles. The molecular formula is C74H98N15O11S+. The minimum Gasteiger partial charge on any atom is -0.481 e. The standard InChI is InChI=1S/C74H97N15O11S/c1-45(2)61(82-58(90)26-33-100-34-30-87-59(91)35-46(3)67(87)96)66(95)79-55(17-11-28-76-69(75)99)65(94)78-50-22-20-49(21-23-50)37-89(8,31-13-19-60(92)93)32-14-27-73-39-71(6)38-72(7,40-73)42-74(41-71,43-73)44-88-48(5)53(36-77-88)52-24-25-57(81-62(52)68(97)98)86-29-12-15-51-47(4)63(84-85-64(51)86)83-70-80-54-16-9-10-18-56(54)101-70/h9-10,16,18,20-25,36,45-46,55,61H,11-15,17,19,26-35,37-44H2,1-8H3,(H8-,75,76,78,79,80,82,83,84,90,92,93,94,95,97,98,99)/p+1/t46?,55-,61-,71-,72+,73?,74?,89?/m0/s1. The first kappa shape index (κ1) is 73.3. The van der Waals surface area contributed by atoms with Crippen LogP contribution in [0.5, 0.6) is 0 Å². The zero-order valence-corrected chi connectivity index (χ0v) is 60.2.